The number of thiophene rings is 1. The topological polar surface area (TPSA) is 0 Å². The number of hydrogen-bond acceptors (Lipinski definition) is 1. The van der Waals surface area contributed by atoms with E-state index in [1.54, 1.807) is 0 Å². The number of fused-ring (bicyclic) bond motifs is 1. The maximum Gasteiger partial charge on any atom is 0.0345 e. The van der Waals surface area contributed by atoms with Crippen molar-refractivity contribution in [1.82, 2.24) is 0 Å². The molecule has 1 aromatic carbocycles. The standard InChI is InChI=1S/C13H15S/c1-2-3-4-7-11-10-14-13-9-6-5-8-12(11)13/h5-6,8-10H,1-4,7H2. The Morgan fingerprint density at radius 1 is 1.14 bits per heavy atom. The molecule has 0 aliphatic heterocycles. The van der Waals surface area contributed by atoms with Gasteiger partial charge >= 0.3 is 0 Å². The third-order valence-electron chi connectivity index (χ3n) is 2.51. The van der Waals surface area contributed by atoms with E-state index < -0.39 is 0 Å². The quantitative estimate of drug-likeness (QED) is 0.644. The first-order chi connectivity index (χ1) is 6.92. The van der Waals surface area contributed by atoms with E-state index in [1.807, 2.05) is 11.3 Å². The van der Waals surface area contributed by atoms with E-state index in [0.29, 0.717) is 0 Å². The molecule has 0 aliphatic carbocycles. The molecule has 0 atom stereocenters. The molecule has 14 heavy (non-hydrogen) atoms. The summed E-state index contributed by atoms with van der Waals surface area (Å²) in [6.45, 7) is 3.87. The summed E-state index contributed by atoms with van der Waals surface area (Å²) in [4.78, 5) is 0. The molecule has 0 N–H and O–H groups in total. The Labute approximate surface area is 89.6 Å². The zero-order valence-electron chi connectivity index (χ0n) is 8.33. The molecule has 1 heterocycles. The average Bonchev–Trinajstić information content (AvgIpc) is 2.63. The lowest BCUT2D eigenvalue weighted by Crippen LogP contribution is -1.82. The van der Waals surface area contributed by atoms with Gasteiger partial charge in [0.1, 0.15) is 0 Å². The predicted molar refractivity (Wildman–Crippen MR) is 64.7 cm³/mol. The molecule has 0 saturated carbocycles. The molecule has 0 bridgehead atoms. The van der Waals surface area contributed by atoms with Crippen LogP contribution in [0.15, 0.2) is 29.6 Å². The van der Waals surface area contributed by atoms with E-state index in [4.69, 9.17) is 0 Å². The second-order valence-corrected chi connectivity index (χ2v) is 4.48. The Morgan fingerprint density at radius 2 is 2.00 bits per heavy atom. The van der Waals surface area contributed by atoms with Gasteiger partial charge in [0.25, 0.3) is 0 Å². The van der Waals surface area contributed by atoms with Crippen LogP contribution in [-0.2, 0) is 6.42 Å². The predicted octanol–water partition coefficient (Wildman–Crippen LogP) is 4.45. The van der Waals surface area contributed by atoms with Crippen LogP contribution in [0.3, 0.4) is 0 Å². The normalized spacial score (nSPS) is 10.9. The molecular weight excluding hydrogens is 188 g/mol. The summed E-state index contributed by atoms with van der Waals surface area (Å²) < 4.78 is 1.41. The zero-order chi connectivity index (χ0) is 9.80. The number of hydrogen-bond donors (Lipinski definition) is 0. The molecule has 0 spiro atoms. The maximum absolute atomic E-state index is 3.87. The Bertz CT molecular complexity index is 400. The fraction of sp³-hybridized carbons (Fsp3) is 0.308. The number of unbranched alkanes of at least 4 members (excludes halogenated alkanes) is 2. The molecule has 1 radical (unpaired) electrons. The first kappa shape index (κ1) is 9.72. The van der Waals surface area contributed by atoms with Crippen molar-refractivity contribution in [2.75, 3.05) is 0 Å². The number of rotatable bonds is 4. The summed E-state index contributed by atoms with van der Waals surface area (Å²) in [7, 11) is 0. The van der Waals surface area contributed by atoms with Gasteiger partial charge < -0.3 is 0 Å². The van der Waals surface area contributed by atoms with Crippen LogP contribution >= 0.6 is 11.3 Å². The number of benzene rings is 1. The Hall–Kier alpha value is -0.820. The van der Waals surface area contributed by atoms with Crippen molar-refractivity contribution in [1.29, 1.82) is 0 Å². The van der Waals surface area contributed by atoms with Crippen LogP contribution < -0.4 is 0 Å². The fourth-order valence-electron chi connectivity index (χ4n) is 1.72. The van der Waals surface area contributed by atoms with Crippen molar-refractivity contribution in [3.63, 3.8) is 0 Å². The summed E-state index contributed by atoms with van der Waals surface area (Å²) in [6.07, 6.45) is 4.77. The third-order valence-corrected chi connectivity index (χ3v) is 3.52. The van der Waals surface area contributed by atoms with E-state index in [9.17, 15) is 0 Å². The summed E-state index contributed by atoms with van der Waals surface area (Å²) in [5.74, 6) is 0. The van der Waals surface area contributed by atoms with Gasteiger partial charge in [0.2, 0.25) is 0 Å². The van der Waals surface area contributed by atoms with Crippen LogP contribution in [0.5, 0.6) is 0 Å². The Balaban J connectivity index is 2.17. The smallest absolute Gasteiger partial charge is 0.0345 e. The van der Waals surface area contributed by atoms with Gasteiger partial charge in [-0.05, 0) is 35.2 Å². The SMILES string of the molecule is [CH2]CCCCc1csc2ccccc12. The summed E-state index contributed by atoms with van der Waals surface area (Å²) in [6, 6.07) is 8.66. The monoisotopic (exact) mass is 203 g/mol. The lowest BCUT2D eigenvalue weighted by atomic mass is 10.1. The average molecular weight is 203 g/mol. The fourth-order valence-corrected chi connectivity index (χ4v) is 2.72. The summed E-state index contributed by atoms with van der Waals surface area (Å²) in [5.41, 5.74) is 1.51. The van der Waals surface area contributed by atoms with Gasteiger partial charge in [-0.3, -0.25) is 0 Å². The van der Waals surface area contributed by atoms with Crippen molar-refractivity contribution in [3.05, 3.63) is 42.1 Å². The van der Waals surface area contributed by atoms with E-state index in [0.717, 1.165) is 6.42 Å². The minimum Gasteiger partial charge on any atom is -0.144 e. The third kappa shape index (κ3) is 1.98. The molecule has 0 fully saturated rings. The van der Waals surface area contributed by atoms with Gasteiger partial charge in [-0.25, -0.2) is 0 Å². The van der Waals surface area contributed by atoms with E-state index in [2.05, 4.69) is 36.6 Å². The van der Waals surface area contributed by atoms with Gasteiger partial charge in [-0.15, -0.1) is 11.3 Å². The van der Waals surface area contributed by atoms with Crippen molar-refractivity contribution in [2.45, 2.75) is 25.7 Å². The van der Waals surface area contributed by atoms with Gasteiger partial charge in [-0.1, -0.05) is 38.0 Å². The lowest BCUT2D eigenvalue weighted by molar-refractivity contribution is 0.750. The first-order valence-electron chi connectivity index (χ1n) is 5.16. The Morgan fingerprint density at radius 3 is 2.86 bits per heavy atom. The highest BCUT2D eigenvalue weighted by molar-refractivity contribution is 7.17. The molecule has 0 amide bonds. The van der Waals surface area contributed by atoms with E-state index in [-0.39, 0.29) is 0 Å². The maximum atomic E-state index is 3.87. The second-order valence-electron chi connectivity index (χ2n) is 3.57. The molecule has 0 saturated heterocycles. The Kier molecular flexibility index (Phi) is 3.20. The minimum absolute atomic E-state index is 1.06. The molecular formula is C13H15S. The van der Waals surface area contributed by atoms with Gasteiger partial charge in [0.05, 0.1) is 0 Å². The van der Waals surface area contributed by atoms with Crippen LogP contribution in [0.4, 0.5) is 0 Å². The second kappa shape index (κ2) is 4.61. The number of aryl methyl sites for hydroxylation is 1. The van der Waals surface area contributed by atoms with Gasteiger partial charge in [0, 0.05) is 4.70 Å². The van der Waals surface area contributed by atoms with E-state index in [1.165, 1.54) is 34.9 Å². The highest BCUT2D eigenvalue weighted by Gasteiger charge is 2.01. The lowest BCUT2D eigenvalue weighted by Gasteiger charge is -1.97. The van der Waals surface area contributed by atoms with Gasteiger partial charge in [0.15, 0.2) is 0 Å². The largest absolute Gasteiger partial charge is 0.144 e. The molecule has 0 unspecified atom stereocenters. The highest BCUT2D eigenvalue weighted by atomic mass is 32.1. The highest BCUT2D eigenvalue weighted by Crippen LogP contribution is 2.26. The first-order valence-corrected chi connectivity index (χ1v) is 6.04. The minimum atomic E-state index is 1.06. The summed E-state index contributed by atoms with van der Waals surface area (Å²) >= 11 is 1.86. The van der Waals surface area contributed by atoms with Crippen molar-refractivity contribution < 1.29 is 0 Å². The molecule has 0 aliphatic rings. The van der Waals surface area contributed by atoms with E-state index >= 15 is 0 Å². The van der Waals surface area contributed by atoms with Crippen molar-refractivity contribution in [2.24, 2.45) is 0 Å². The molecule has 73 valence electrons. The molecule has 1 aromatic heterocycles. The van der Waals surface area contributed by atoms with Crippen LogP contribution in [0.1, 0.15) is 24.8 Å². The molecule has 2 aromatic rings. The van der Waals surface area contributed by atoms with Crippen molar-refractivity contribution >= 4 is 21.4 Å². The van der Waals surface area contributed by atoms with Crippen LogP contribution in [0, 0.1) is 6.92 Å². The van der Waals surface area contributed by atoms with Crippen molar-refractivity contribution in [3.8, 4) is 0 Å². The zero-order valence-corrected chi connectivity index (χ0v) is 9.15. The molecule has 1 heteroatoms. The van der Waals surface area contributed by atoms with Gasteiger partial charge in [-0.2, -0.15) is 0 Å². The van der Waals surface area contributed by atoms with Crippen LogP contribution in [0.25, 0.3) is 10.1 Å². The molecule has 2 rings (SSSR count). The summed E-state index contributed by atoms with van der Waals surface area (Å²) in [5, 5.41) is 3.75. The molecule has 0 nitrogen and oxygen atoms in total. The van der Waals surface area contributed by atoms with Crippen LogP contribution in [0.2, 0.25) is 0 Å². The van der Waals surface area contributed by atoms with Crippen LogP contribution in [-0.4, -0.2) is 0 Å².